The minimum absolute atomic E-state index is 0.0162. The van der Waals surface area contributed by atoms with Crippen LogP contribution in [0.1, 0.15) is 41.4 Å². The summed E-state index contributed by atoms with van der Waals surface area (Å²) in [4.78, 5) is 17.0. The highest BCUT2D eigenvalue weighted by molar-refractivity contribution is 6.31. The Hall–Kier alpha value is -3.45. The molecule has 1 amide bonds. The lowest BCUT2D eigenvalue weighted by Crippen LogP contribution is -2.52. The highest BCUT2D eigenvalue weighted by Gasteiger charge is 2.56. The van der Waals surface area contributed by atoms with E-state index >= 15 is 0 Å². The molecule has 226 valence electrons. The predicted octanol–water partition coefficient (Wildman–Crippen LogP) is 5.09. The Balaban J connectivity index is 1.72. The lowest BCUT2D eigenvalue weighted by atomic mass is 9.88. The smallest absolute Gasteiger partial charge is 0.424 e. The zero-order valence-corrected chi connectivity index (χ0v) is 23.8. The summed E-state index contributed by atoms with van der Waals surface area (Å²) in [7, 11) is 2.74. The molecule has 0 bridgehead atoms. The van der Waals surface area contributed by atoms with Crippen LogP contribution in [0.25, 0.3) is 11.3 Å². The van der Waals surface area contributed by atoms with E-state index in [9.17, 15) is 27.5 Å². The van der Waals surface area contributed by atoms with Crippen LogP contribution in [0.15, 0.2) is 48.5 Å². The van der Waals surface area contributed by atoms with E-state index in [-0.39, 0.29) is 45.9 Å². The number of carbonyl (C=O) groups excluding carboxylic acids is 1. The fourth-order valence-corrected chi connectivity index (χ4v) is 4.36. The molecule has 0 aliphatic heterocycles. The average Bonchev–Trinajstić information content (AvgIpc) is 3.76. The number of pyridine rings is 1. The number of nitrogens with zero attached hydrogens (tertiary/aromatic N) is 1. The quantitative estimate of drug-likeness (QED) is 0.259. The highest BCUT2D eigenvalue weighted by atomic mass is 35.5. The normalized spacial score (nSPS) is 16.3. The van der Waals surface area contributed by atoms with Crippen molar-refractivity contribution in [3.8, 4) is 22.8 Å². The second-order valence-corrected chi connectivity index (χ2v) is 10.7. The number of nitrogens with two attached hydrogens (primary N) is 1. The van der Waals surface area contributed by atoms with Crippen LogP contribution in [0.4, 0.5) is 17.6 Å². The zero-order valence-electron chi connectivity index (χ0n) is 23.0. The molecule has 13 heteroatoms. The third kappa shape index (κ3) is 6.78. The van der Waals surface area contributed by atoms with Gasteiger partial charge in [0.05, 0.1) is 48.3 Å². The van der Waals surface area contributed by atoms with E-state index in [1.54, 1.807) is 0 Å². The van der Waals surface area contributed by atoms with Gasteiger partial charge in [-0.15, -0.1) is 0 Å². The summed E-state index contributed by atoms with van der Waals surface area (Å²) in [6.07, 6.45) is -3.46. The molecule has 1 heterocycles. The average molecular weight is 612 g/mol. The molecular formula is C29H30ClF4N3O5. The topological polar surface area (TPSA) is 116 Å². The molecule has 1 unspecified atom stereocenters. The number of carbonyl (C=O) groups is 1. The van der Waals surface area contributed by atoms with E-state index < -0.39 is 41.3 Å². The van der Waals surface area contributed by atoms with E-state index in [0.717, 1.165) is 25.0 Å². The van der Waals surface area contributed by atoms with Gasteiger partial charge in [0.1, 0.15) is 5.82 Å². The summed E-state index contributed by atoms with van der Waals surface area (Å²) in [6.45, 7) is 0.141. The van der Waals surface area contributed by atoms with Gasteiger partial charge in [-0.25, -0.2) is 9.37 Å². The van der Waals surface area contributed by atoms with Crippen molar-refractivity contribution < 1.29 is 41.7 Å². The first-order chi connectivity index (χ1) is 19.7. The number of methoxy groups -OCH3 is 2. The number of amides is 1. The summed E-state index contributed by atoms with van der Waals surface area (Å²) < 4.78 is 73.6. The Labute approximate surface area is 244 Å². The Morgan fingerprint density at radius 3 is 2.43 bits per heavy atom. The maximum Gasteiger partial charge on any atom is 0.424 e. The van der Waals surface area contributed by atoms with Gasteiger partial charge < -0.3 is 30.4 Å². The third-order valence-electron chi connectivity index (χ3n) is 6.79. The number of hydrogen-bond donors (Lipinski definition) is 3. The van der Waals surface area contributed by atoms with Crippen molar-refractivity contribution in [1.29, 1.82) is 0 Å². The first-order valence-electron chi connectivity index (χ1n) is 12.9. The summed E-state index contributed by atoms with van der Waals surface area (Å²) in [5, 5.41) is 13.0. The van der Waals surface area contributed by atoms with Crippen LogP contribution >= 0.6 is 11.6 Å². The Morgan fingerprint density at radius 2 is 1.83 bits per heavy atom. The molecule has 1 aromatic heterocycles. The Kier molecular flexibility index (Phi) is 9.02. The molecule has 3 aromatic rings. The molecule has 2 aromatic carbocycles. The van der Waals surface area contributed by atoms with Crippen LogP contribution in [0.3, 0.4) is 0 Å². The molecule has 4 N–H and O–H groups in total. The molecule has 0 saturated heterocycles. The van der Waals surface area contributed by atoms with Crippen molar-refractivity contribution >= 4 is 17.5 Å². The van der Waals surface area contributed by atoms with Crippen molar-refractivity contribution in [3.63, 3.8) is 0 Å². The first kappa shape index (κ1) is 31.5. The molecular weight excluding hydrogens is 582 g/mol. The van der Waals surface area contributed by atoms with E-state index in [4.69, 9.17) is 31.5 Å². The zero-order chi connectivity index (χ0) is 30.9. The summed E-state index contributed by atoms with van der Waals surface area (Å²) >= 11 is 5.91. The van der Waals surface area contributed by atoms with E-state index in [1.807, 2.05) is 0 Å². The van der Waals surface area contributed by atoms with Gasteiger partial charge in [-0.1, -0.05) is 11.6 Å². The molecule has 1 fully saturated rings. The van der Waals surface area contributed by atoms with Crippen LogP contribution in [0, 0.1) is 5.82 Å². The van der Waals surface area contributed by atoms with Gasteiger partial charge in [-0.3, -0.25) is 4.79 Å². The Morgan fingerprint density at radius 1 is 1.12 bits per heavy atom. The van der Waals surface area contributed by atoms with Crippen molar-refractivity contribution in [3.05, 3.63) is 76.2 Å². The number of rotatable bonds is 11. The standard InChI is InChI=1S/C29H30ClF4N3O5/c1-27(35,15-40-2)18-12-22(16-4-8-21(31)20(30)10-16)37-25(13-18)28(39,29(32,33)34)14-36-26(38)17-5-9-23(24(11-17)41-3)42-19-6-7-19/h4-5,8-13,19,39H,6-7,14-15,35H2,1-3H3,(H,36,38)/t27?,28-/m1/s1. The SMILES string of the molecule is COCC(C)(N)c1cc(-c2ccc(F)c(Cl)c2)nc([C@](O)(CNC(=O)c2ccc(OC3CC3)c(OC)c2)C(F)(F)F)c1. The number of ether oxygens (including phenoxy) is 3. The lowest BCUT2D eigenvalue weighted by Gasteiger charge is -2.32. The van der Waals surface area contributed by atoms with Crippen molar-refractivity contribution in [1.82, 2.24) is 10.3 Å². The fourth-order valence-electron chi connectivity index (χ4n) is 4.18. The molecule has 2 atom stereocenters. The highest BCUT2D eigenvalue weighted by Crippen LogP contribution is 2.40. The molecule has 4 rings (SSSR count). The van der Waals surface area contributed by atoms with Crippen molar-refractivity contribution in [2.45, 2.75) is 43.2 Å². The van der Waals surface area contributed by atoms with E-state index in [0.29, 0.717) is 5.75 Å². The van der Waals surface area contributed by atoms with Crippen molar-refractivity contribution in [2.24, 2.45) is 5.73 Å². The lowest BCUT2D eigenvalue weighted by molar-refractivity contribution is -0.265. The monoisotopic (exact) mass is 611 g/mol. The number of nitrogens with one attached hydrogen (secondary N) is 1. The molecule has 42 heavy (non-hydrogen) atoms. The minimum Gasteiger partial charge on any atom is -0.493 e. The van der Waals surface area contributed by atoms with Crippen LogP contribution in [-0.4, -0.2) is 55.6 Å². The number of hydrogen-bond acceptors (Lipinski definition) is 7. The number of aliphatic hydroxyl groups is 1. The Bertz CT molecular complexity index is 1470. The fraction of sp³-hybridized carbons (Fsp3) is 0.379. The number of aromatic nitrogens is 1. The molecule has 1 saturated carbocycles. The van der Waals surface area contributed by atoms with E-state index in [2.05, 4.69) is 10.3 Å². The summed E-state index contributed by atoms with van der Waals surface area (Å²) in [5.74, 6) is -1.01. The second kappa shape index (κ2) is 12.0. The van der Waals surface area contributed by atoms with Gasteiger partial charge in [0.25, 0.3) is 5.91 Å². The van der Waals surface area contributed by atoms with Gasteiger partial charge in [-0.2, -0.15) is 13.2 Å². The second-order valence-electron chi connectivity index (χ2n) is 10.3. The van der Waals surface area contributed by atoms with Gasteiger partial charge in [0.2, 0.25) is 5.60 Å². The minimum atomic E-state index is -5.30. The third-order valence-corrected chi connectivity index (χ3v) is 7.08. The summed E-state index contributed by atoms with van der Waals surface area (Å²) in [5.41, 5.74) is 0.756. The van der Waals surface area contributed by atoms with Crippen LogP contribution in [0.5, 0.6) is 11.5 Å². The van der Waals surface area contributed by atoms with Crippen molar-refractivity contribution in [2.75, 3.05) is 27.4 Å². The van der Waals surface area contributed by atoms with Crippen LogP contribution in [-0.2, 0) is 15.9 Å². The molecule has 0 spiro atoms. The van der Waals surface area contributed by atoms with Crippen LogP contribution < -0.4 is 20.5 Å². The maximum atomic E-state index is 14.6. The van der Waals surface area contributed by atoms with Gasteiger partial charge in [0, 0.05) is 18.2 Å². The van der Waals surface area contributed by atoms with Gasteiger partial charge >= 0.3 is 6.18 Å². The van der Waals surface area contributed by atoms with Gasteiger partial charge in [0.15, 0.2) is 11.5 Å². The van der Waals surface area contributed by atoms with E-state index in [1.165, 1.54) is 57.5 Å². The summed E-state index contributed by atoms with van der Waals surface area (Å²) in [6, 6.07) is 10.1. The maximum absolute atomic E-state index is 14.6. The number of alkyl halides is 3. The molecule has 1 aliphatic carbocycles. The largest absolute Gasteiger partial charge is 0.493 e. The van der Waals surface area contributed by atoms with Crippen LogP contribution in [0.2, 0.25) is 5.02 Å². The molecule has 1 aliphatic rings. The predicted molar refractivity (Wildman–Crippen MR) is 147 cm³/mol. The molecule has 0 radical (unpaired) electrons. The van der Waals surface area contributed by atoms with Gasteiger partial charge in [-0.05, 0) is 73.9 Å². The number of benzene rings is 2. The first-order valence-corrected chi connectivity index (χ1v) is 13.2. The molecule has 8 nitrogen and oxygen atoms in total. The number of halogens is 5.